The molecule has 4 nitrogen and oxygen atoms in total. The molecule has 0 saturated heterocycles. The Bertz CT molecular complexity index is 1050. The SMILES string of the molecule is CC1=NN(c2cccc(Cl)c2)C(=O)/C1=C\c1cccn1Cc1ccccc1. The Kier molecular flexibility index (Phi) is 4.65. The molecule has 1 aliphatic heterocycles. The first-order chi connectivity index (χ1) is 13.1. The number of aromatic nitrogens is 1. The summed E-state index contributed by atoms with van der Waals surface area (Å²) < 4.78 is 2.12. The molecule has 3 aromatic rings. The van der Waals surface area contributed by atoms with Crippen LogP contribution in [0.3, 0.4) is 0 Å². The Balaban J connectivity index is 1.63. The Morgan fingerprint density at radius 1 is 1.04 bits per heavy atom. The van der Waals surface area contributed by atoms with Crippen molar-refractivity contribution >= 4 is 35.0 Å². The minimum Gasteiger partial charge on any atom is -0.344 e. The van der Waals surface area contributed by atoms with Gasteiger partial charge in [0.05, 0.1) is 17.0 Å². The molecule has 0 atom stereocenters. The maximum atomic E-state index is 12.9. The number of anilines is 1. The summed E-state index contributed by atoms with van der Waals surface area (Å²) in [6, 6.07) is 21.3. The molecule has 1 amide bonds. The van der Waals surface area contributed by atoms with Crippen molar-refractivity contribution in [3.8, 4) is 0 Å². The minimum atomic E-state index is -0.151. The first kappa shape index (κ1) is 17.3. The van der Waals surface area contributed by atoms with E-state index >= 15 is 0 Å². The molecular weight excluding hydrogens is 358 g/mol. The van der Waals surface area contributed by atoms with Crippen LogP contribution in [-0.2, 0) is 11.3 Å². The van der Waals surface area contributed by atoms with Crippen LogP contribution in [0, 0.1) is 0 Å². The van der Waals surface area contributed by atoms with E-state index < -0.39 is 0 Å². The molecule has 0 aliphatic carbocycles. The van der Waals surface area contributed by atoms with Crippen molar-refractivity contribution in [1.29, 1.82) is 0 Å². The first-order valence-corrected chi connectivity index (χ1v) is 9.06. The van der Waals surface area contributed by atoms with Crippen LogP contribution in [0.5, 0.6) is 0 Å². The topological polar surface area (TPSA) is 37.6 Å². The average molecular weight is 376 g/mol. The quantitative estimate of drug-likeness (QED) is 0.591. The van der Waals surface area contributed by atoms with E-state index in [1.54, 1.807) is 12.1 Å². The van der Waals surface area contributed by atoms with Gasteiger partial charge in [0.1, 0.15) is 0 Å². The fourth-order valence-corrected chi connectivity index (χ4v) is 3.28. The van der Waals surface area contributed by atoms with Crippen molar-refractivity contribution in [3.05, 3.63) is 94.8 Å². The van der Waals surface area contributed by atoms with Gasteiger partial charge in [0.2, 0.25) is 0 Å². The van der Waals surface area contributed by atoms with E-state index in [0.29, 0.717) is 22.0 Å². The molecule has 0 N–H and O–H groups in total. The highest BCUT2D eigenvalue weighted by molar-refractivity contribution is 6.33. The van der Waals surface area contributed by atoms with Gasteiger partial charge in [-0.25, -0.2) is 0 Å². The van der Waals surface area contributed by atoms with Crippen LogP contribution >= 0.6 is 11.6 Å². The summed E-state index contributed by atoms with van der Waals surface area (Å²) in [6.45, 7) is 2.59. The lowest BCUT2D eigenvalue weighted by atomic mass is 10.1. The number of halogens is 1. The van der Waals surface area contributed by atoms with E-state index in [2.05, 4.69) is 21.8 Å². The molecule has 0 spiro atoms. The molecule has 0 saturated carbocycles. The first-order valence-electron chi connectivity index (χ1n) is 8.68. The van der Waals surface area contributed by atoms with Gasteiger partial charge in [-0.15, -0.1) is 0 Å². The van der Waals surface area contributed by atoms with Gasteiger partial charge < -0.3 is 4.57 Å². The van der Waals surface area contributed by atoms with Crippen molar-refractivity contribution in [2.45, 2.75) is 13.5 Å². The van der Waals surface area contributed by atoms with Crippen LogP contribution in [0.15, 0.2) is 83.6 Å². The Labute approximate surface area is 163 Å². The molecule has 4 rings (SSSR count). The highest BCUT2D eigenvalue weighted by Crippen LogP contribution is 2.27. The van der Waals surface area contributed by atoms with Crippen molar-refractivity contribution < 1.29 is 4.79 Å². The zero-order chi connectivity index (χ0) is 18.8. The van der Waals surface area contributed by atoms with Crippen LogP contribution in [0.25, 0.3) is 6.08 Å². The lowest BCUT2D eigenvalue weighted by Gasteiger charge is -2.12. The highest BCUT2D eigenvalue weighted by atomic mass is 35.5. The summed E-state index contributed by atoms with van der Waals surface area (Å²) in [4.78, 5) is 12.9. The molecule has 0 fully saturated rings. The zero-order valence-electron chi connectivity index (χ0n) is 14.8. The number of hydrogen-bond acceptors (Lipinski definition) is 2. The van der Waals surface area contributed by atoms with Crippen molar-refractivity contribution in [1.82, 2.24) is 4.57 Å². The highest BCUT2D eigenvalue weighted by Gasteiger charge is 2.29. The molecule has 0 unspecified atom stereocenters. The fraction of sp³-hybridized carbons (Fsp3) is 0.0909. The van der Waals surface area contributed by atoms with Crippen molar-refractivity contribution in [2.75, 3.05) is 5.01 Å². The van der Waals surface area contributed by atoms with E-state index in [4.69, 9.17) is 11.6 Å². The summed E-state index contributed by atoms with van der Waals surface area (Å²) >= 11 is 6.05. The van der Waals surface area contributed by atoms with E-state index in [1.807, 2.05) is 61.7 Å². The van der Waals surface area contributed by atoms with Gasteiger partial charge in [0.25, 0.3) is 5.91 Å². The van der Waals surface area contributed by atoms with Gasteiger partial charge in [0, 0.05) is 23.5 Å². The predicted molar refractivity (Wildman–Crippen MR) is 110 cm³/mol. The van der Waals surface area contributed by atoms with Gasteiger partial charge in [-0.2, -0.15) is 10.1 Å². The standard InChI is InChI=1S/C22H18ClN3O/c1-16-21(22(27)26(24-16)20-10-5-9-18(23)13-20)14-19-11-6-12-25(19)15-17-7-3-2-4-8-17/h2-14H,15H2,1H3/b21-14-. The molecule has 134 valence electrons. The van der Waals surface area contributed by atoms with Crippen LogP contribution in [0.2, 0.25) is 5.02 Å². The number of carbonyl (C=O) groups is 1. The number of hydrazone groups is 1. The lowest BCUT2D eigenvalue weighted by molar-refractivity contribution is -0.114. The summed E-state index contributed by atoms with van der Waals surface area (Å²) in [5.41, 5.74) is 4.10. The Morgan fingerprint density at radius 2 is 1.85 bits per heavy atom. The molecular formula is C22H18ClN3O. The Morgan fingerprint density at radius 3 is 2.63 bits per heavy atom. The minimum absolute atomic E-state index is 0.151. The number of rotatable bonds is 4. The monoisotopic (exact) mass is 375 g/mol. The van der Waals surface area contributed by atoms with Crippen LogP contribution in [-0.4, -0.2) is 16.2 Å². The number of hydrogen-bond donors (Lipinski definition) is 0. The lowest BCUT2D eigenvalue weighted by Crippen LogP contribution is -2.21. The van der Waals surface area contributed by atoms with Gasteiger partial charge in [-0.05, 0) is 48.9 Å². The zero-order valence-corrected chi connectivity index (χ0v) is 15.6. The second kappa shape index (κ2) is 7.25. The predicted octanol–water partition coefficient (Wildman–Crippen LogP) is 5.00. The van der Waals surface area contributed by atoms with E-state index in [0.717, 1.165) is 12.2 Å². The van der Waals surface area contributed by atoms with Gasteiger partial charge in [0.15, 0.2) is 0 Å². The van der Waals surface area contributed by atoms with Crippen LogP contribution in [0.4, 0.5) is 5.69 Å². The maximum Gasteiger partial charge on any atom is 0.280 e. The number of benzene rings is 2. The van der Waals surface area contributed by atoms with E-state index in [-0.39, 0.29) is 5.91 Å². The molecule has 0 radical (unpaired) electrons. The third-order valence-electron chi connectivity index (χ3n) is 4.47. The molecule has 2 heterocycles. The van der Waals surface area contributed by atoms with Gasteiger partial charge in [-0.3, -0.25) is 4.79 Å². The fourth-order valence-electron chi connectivity index (χ4n) is 3.10. The normalized spacial score (nSPS) is 15.5. The van der Waals surface area contributed by atoms with Crippen LogP contribution < -0.4 is 5.01 Å². The largest absolute Gasteiger partial charge is 0.344 e. The summed E-state index contributed by atoms with van der Waals surface area (Å²) in [6.07, 6.45) is 3.91. The van der Waals surface area contributed by atoms with Crippen molar-refractivity contribution in [2.24, 2.45) is 5.10 Å². The summed E-state index contributed by atoms with van der Waals surface area (Å²) in [5, 5.41) is 6.39. The molecule has 0 bridgehead atoms. The van der Waals surface area contributed by atoms with Crippen LogP contribution in [0.1, 0.15) is 18.2 Å². The Hall–Kier alpha value is -3.11. The smallest absolute Gasteiger partial charge is 0.280 e. The number of nitrogens with zero attached hydrogens (tertiary/aromatic N) is 3. The van der Waals surface area contributed by atoms with Gasteiger partial charge >= 0.3 is 0 Å². The average Bonchev–Trinajstić information content (AvgIpc) is 3.22. The summed E-state index contributed by atoms with van der Waals surface area (Å²) in [5.74, 6) is -0.151. The van der Waals surface area contributed by atoms with Gasteiger partial charge in [-0.1, -0.05) is 48.0 Å². The molecule has 1 aliphatic rings. The molecule has 2 aromatic carbocycles. The molecule has 1 aromatic heterocycles. The molecule has 5 heteroatoms. The second-order valence-electron chi connectivity index (χ2n) is 6.39. The third kappa shape index (κ3) is 3.57. The van der Waals surface area contributed by atoms with E-state index in [9.17, 15) is 4.79 Å². The third-order valence-corrected chi connectivity index (χ3v) is 4.70. The van der Waals surface area contributed by atoms with Crippen molar-refractivity contribution in [3.63, 3.8) is 0 Å². The number of amides is 1. The number of carbonyl (C=O) groups excluding carboxylic acids is 1. The summed E-state index contributed by atoms with van der Waals surface area (Å²) in [7, 11) is 0. The molecule has 27 heavy (non-hydrogen) atoms. The maximum absolute atomic E-state index is 12.9. The second-order valence-corrected chi connectivity index (χ2v) is 6.82. The van der Waals surface area contributed by atoms with E-state index in [1.165, 1.54) is 10.6 Å².